The van der Waals surface area contributed by atoms with Gasteiger partial charge in [-0.25, -0.2) is 0 Å². The average molecular weight is 346 g/mol. The molecule has 1 amide bonds. The monoisotopic (exact) mass is 346 g/mol. The predicted octanol–water partition coefficient (Wildman–Crippen LogP) is 0.680. The minimum Gasteiger partial charge on any atom is -0.455 e. The van der Waals surface area contributed by atoms with Crippen LogP contribution in [0, 0.1) is 6.92 Å². The van der Waals surface area contributed by atoms with Gasteiger partial charge in [0.1, 0.15) is 5.76 Å². The highest BCUT2D eigenvalue weighted by Gasteiger charge is 2.31. The number of amides is 1. The topological polar surface area (TPSA) is 113 Å². The van der Waals surface area contributed by atoms with Crippen LogP contribution in [0.2, 0.25) is 0 Å². The summed E-state index contributed by atoms with van der Waals surface area (Å²) in [5.74, 6) is 1.12. The Morgan fingerprint density at radius 1 is 1.20 bits per heavy atom. The van der Waals surface area contributed by atoms with Crippen LogP contribution in [0.4, 0.5) is 0 Å². The molecule has 1 aromatic heterocycles. The van der Waals surface area contributed by atoms with Crippen molar-refractivity contribution in [3.05, 3.63) is 22.6 Å². The minimum absolute atomic E-state index is 0.0381. The molecule has 0 saturated carbocycles. The van der Waals surface area contributed by atoms with Crippen molar-refractivity contribution >= 4 is 17.6 Å². The van der Waals surface area contributed by atoms with Crippen LogP contribution in [0.25, 0.3) is 0 Å². The van der Waals surface area contributed by atoms with E-state index in [9.17, 15) is 4.79 Å². The Balaban J connectivity index is 1.86. The number of carbonyl (C=O) groups excluding carboxylic acids is 1. The molecule has 1 saturated heterocycles. The zero-order valence-corrected chi connectivity index (χ0v) is 14.9. The van der Waals surface area contributed by atoms with Gasteiger partial charge in [-0.15, -0.1) is 5.10 Å². The smallest absolute Gasteiger partial charge is 0.289 e. The van der Waals surface area contributed by atoms with Gasteiger partial charge in [-0.3, -0.25) is 4.79 Å². The number of carbonyl (C=O) groups is 1. The van der Waals surface area contributed by atoms with Crippen molar-refractivity contribution in [1.29, 1.82) is 0 Å². The second-order valence-electron chi connectivity index (χ2n) is 6.51. The molecule has 0 spiro atoms. The number of nitrogens with two attached hydrogens (primary N) is 2. The molecule has 1 aliphatic heterocycles. The van der Waals surface area contributed by atoms with E-state index >= 15 is 0 Å². The third-order valence-electron chi connectivity index (χ3n) is 4.91. The molecule has 0 aromatic carbocycles. The van der Waals surface area contributed by atoms with Gasteiger partial charge in [-0.1, -0.05) is 6.92 Å². The highest BCUT2D eigenvalue weighted by molar-refractivity contribution is 6.06. The van der Waals surface area contributed by atoms with Gasteiger partial charge in [0.2, 0.25) is 5.96 Å². The van der Waals surface area contributed by atoms with Gasteiger partial charge in [-0.2, -0.15) is 5.10 Å². The number of furan rings is 1. The molecule has 0 unspecified atom stereocenters. The lowest BCUT2D eigenvalue weighted by molar-refractivity contribution is 0.0609. The van der Waals surface area contributed by atoms with Crippen molar-refractivity contribution in [3.63, 3.8) is 0 Å². The summed E-state index contributed by atoms with van der Waals surface area (Å²) >= 11 is 0. The predicted molar refractivity (Wildman–Crippen MR) is 96.7 cm³/mol. The van der Waals surface area contributed by atoms with Crippen LogP contribution in [0.15, 0.2) is 14.6 Å². The maximum Gasteiger partial charge on any atom is 0.289 e. The van der Waals surface area contributed by atoms with Crippen molar-refractivity contribution in [2.24, 2.45) is 21.7 Å². The number of nitrogens with zero attached hydrogens (tertiary/aromatic N) is 4. The Morgan fingerprint density at radius 2 is 1.92 bits per heavy atom. The lowest BCUT2D eigenvalue weighted by Crippen LogP contribution is -2.48. The van der Waals surface area contributed by atoms with Crippen molar-refractivity contribution in [2.45, 2.75) is 33.1 Å². The number of hydrogen-bond donors (Lipinski definition) is 2. The Bertz CT molecular complexity index is 709. The fourth-order valence-electron chi connectivity index (χ4n) is 3.50. The van der Waals surface area contributed by atoms with Crippen LogP contribution < -0.4 is 11.5 Å². The third kappa shape index (κ3) is 3.53. The zero-order chi connectivity index (χ0) is 18.0. The van der Waals surface area contributed by atoms with E-state index in [-0.39, 0.29) is 11.9 Å². The van der Waals surface area contributed by atoms with Crippen LogP contribution in [-0.4, -0.2) is 60.1 Å². The van der Waals surface area contributed by atoms with Gasteiger partial charge < -0.3 is 25.7 Å². The van der Waals surface area contributed by atoms with Gasteiger partial charge in [0.15, 0.2) is 5.76 Å². The van der Waals surface area contributed by atoms with E-state index in [4.69, 9.17) is 15.9 Å². The van der Waals surface area contributed by atoms with Gasteiger partial charge in [0.25, 0.3) is 5.91 Å². The molecular weight excluding hydrogens is 320 g/mol. The van der Waals surface area contributed by atoms with Gasteiger partial charge in [-0.05, 0) is 26.3 Å². The van der Waals surface area contributed by atoms with Crippen LogP contribution in [-0.2, 0) is 6.42 Å². The van der Waals surface area contributed by atoms with Crippen molar-refractivity contribution < 1.29 is 9.21 Å². The molecule has 0 radical (unpaired) electrons. The van der Waals surface area contributed by atoms with Crippen molar-refractivity contribution in [2.75, 3.05) is 32.7 Å². The van der Waals surface area contributed by atoms with Crippen LogP contribution in [0.3, 0.4) is 0 Å². The number of guanidine groups is 1. The third-order valence-corrected chi connectivity index (χ3v) is 4.91. The molecule has 25 heavy (non-hydrogen) atoms. The fraction of sp³-hybridized carbons (Fsp3) is 0.588. The highest BCUT2D eigenvalue weighted by Crippen LogP contribution is 2.31. The van der Waals surface area contributed by atoms with Crippen LogP contribution >= 0.6 is 0 Å². The summed E-state index contributed by atoms with van der Waals surface area (Å²) < 4.78 is 5.95. The molecule has 2 heterocycles. The van der Waals surface area contributed by atoms with E-state index < -0.39 is 0 Å². The highest BCUT2D eigenvalue weighted by atomic mass is 16.4. The number of fused-ring (bicyclic) bond motifs is 1. The number of likely N-dealkylation sites (N-methyl/N-ethyl adjacent to an activating group) is 1. The molecule has 4 N–H and O–H groups in total. The molecule has 8 nitrogen and oxygen atoms in total. The van der Waals surface area contributed by atoms with Crippen molar-refractivity contribution in [1.82, 2.24) is 9.80 Å². The number of rotatable bonds is 3. The molecule has 136 valence electrons. The number of aryl methyl sites for hydroxylation is 1. The second-order valence-corrected chi connectivity index (χ2v) is 6.51. The Kier molecular flexibility index (Phi) is 5.08. The average Bonchev–Trinajstić information content (AvgIpc) is 2.97. The Hall–Kier alpha value is -2.35. The largest absolute Gasteiger partial charge is 0.455 e. The van der Waals surface area contributed by atoms with E-state index in [1.165, 1.54) is 0 Å². The molecule has 2 aliphatic rings. The normalized spacial score (nSPS) is 19.8. The zero-order valence-electron chi connectivity index (χ0n) is 14.9. The molecule has 0 bridgehead atoms. The Morgan fingerprint density at radius 3 is 2.56 bits per heavy atom. The fourth-order valence-corrected chi connectivity index (χ4v) is 3.50. The number of hydrogen-bond acceptors (Lipinski definition) is 5. The molecule has 1 fully saturated rings. The summed E-state index contributed by atoms with van der Waals surface area (Å²) in [5, 5.41) is 7.92. The lowest BCUT2D eigenvalue weighted by Gasteiger charge is -2.33. The lowest BCUT2D eigenvalue weighted by atomic mass is 9.93. The van der Waals surface area contributed by atoms with E-state index in [0.717, 1.165) is 74.6 Å². The van der Waals surface area contributed by atoms with E-state index in [2.05, 4.69) is 22.0 Å². The summed E-state index contributed by atoms with van der Waals surface area (Å²) in [7, 11) is 0. The first kappa shape index (κ1) is 17.5. The molecule has 1 aliphatic carbocycles. The first-order chi connectivity index (χ1) is 12.0. The molecule has 3 rings (SSSR count). The van der Waals surface area contributed by atoms with E-state index in [1.54, 1.807) is 0 Å². The van der Waals surface area contributed by atoms with E-state index in [0.29, 0.717) is 5.76 Å². The van der Waals surface area contributed by atoms with Crippen LogP contribution in [0.5, 0.6) is 0 Å². The molecule has 0 atom stereocenters. The Labute approximate surface area is 147 Å². The molecule has 1 aromatic rings. The van der Waals surface area contributed by atoms with E-state index in [1.807, 2.05) is 11.8 Å². The summed E-state index contributed by atoms with van der Waals surface area (Å²) in [5.41, 5.74) is 13.3. The van der Waals surface area contributed by atoms with Crippen LogP contribution in [0.1, 0.15) is 47.2 Å². The first-order valence-electron chi connectivity index (χ1n) is 8.81. The standard InChI is InChI=1S/C17H26N6O2/c1-3-22-7-9-23(10-8-22)16(24)15-11(2)14-12(20-21-17(18)19)5-4-6-13(14)25-15/h3-10H2,1-2H3,(H4,18,19,21)/b20-12+. The summed E-state index contributed by atoms with van der Waals surface area (Å²) in [6.45, 7) is 8.32. The molecular formula is C17H26N6O2. The van der Waals surface area contributed by atoms with Gasteiger partial charge in [0.05, 0.1) is 5.71 Å². The summed E-state index contributed by atoms with van der Waals surface area (Å²) in [4.78, 5) is 17.1. The SMILES string of the molecule is CCN1CCN(C(=O)c2oc3c(c2C)/C(=N/N=C(N)N)CCC3)CC1. The summed E-state index contributed by atoms with van der Waals surface area (Å²) in [6, 6.07) is 0. The maximum absolute atomic E-state index is 12.9. The van der Waals surface area contributed by atoms with Gasteiger partial charge in [0, 0.05) is 43.7 Å². The van der Waals surface area contributed by atoms with Crippen molar-refractivity contribution in [3.8, 4) is 0 Å². The number of piperazine rings is 1. The second kappa shape index (κ2) is 7.26. The minimum atomic E-state index is -0.0779. The quantitative estimate of drug-likeness (QED) is 0.475. The molecule has 8 heteroatoms. The van der Waals surface area contributed by atoms with Gasteiger partial charge >= 0.3 is 0 Å². The summed E-state index contributed by atoms with van der Waals surface area (Å²) in [6.07, 6.45) is 2.47. The maximum atomic E-state index is 12.9. The first-order valence-corrected chi connectivity index (χ1v) is 8.81.